The van der Waals surface area contributed by atoms with Crippen LogP contribution in [0.3, 0.4) is 0 Å². The molecule has 32 heavy (non-hydrogen) atoms. The lowest BCUT2D eigenvalue weighted by atomic mass is 9.95. The fourth-order valence-corrected chi connectivity index (χ4v) is 5.94. The van der Waals surface area contributed by atoms with Gasteiger partial charge in [-0.1, -0.05) is 42.5 Å². The maximum Gasteiger partial charge on any atom is 0.261 e. The van der Waals surface area contributed by atoms with Crippen molar-refractivity contribution in [3.63, 3.8) is 0 Å². The summed E-state index contributed by atoms with van der Waals surface area (Å²) < 4.78 is 6.27. The van der Waals surface area contributed by atoms with Gasteiger partial charge in [0.25, 0.3) is 5.91 Å². The van der Waals surface area contributed by atoms with E-state index in [9.17, 15) is 4.79 Å². The molecule has 2 aromatic carbocycles. The van der Waals surface area contributed by atoms with Crippen molar-refractivity contribution in [3.8, 4) is 0 Å². The normalized spacial score (nSPS) is 16.7. The molecule has 4 aromatic rings. The second-order valence-corrected chi connectivity index (χ2v) is 9.35. The van der Waals surface area contributed by atoms with E-state index in [1.54, 1.807) is 18.4 Å². The Kier molecular flexibility index (Phi) is 6.17. The SMILES string of the molecule is COCCNC(=O)c1sc2ccccc2c1C1CCN(Cc2cccc3cccnc23)C1. The van der Waals surface area contributed by atoms with E-state index in [1.165, 1.54) is 26.6 Å². The smallest absolute Gasteiger partial charge is 0.261 e. The minimum Gasteiger partial charge on any atom is -0.383 e. The van der Waals surface area contributed by atoms with Gasteiger partial charge in [0.05, 0.1) is 17.0 Å². The van der Waals surface area contributed by atoms with Crippen molar-refractivity contribution in [1.82, 2.24) is 15.2 Å². The first-order valence-electron chi connectivity index (χ1n) is 11.1. The lowest BCUT2D eigenvalue weighted by molar-refractivity contribution is 0.0940. The number of carbonyl (C=O) groups is 1. The summed E-state index contributed by atoms with van der Waals surface area (Å²) in [5.41, 5.74) is 3.55. The summed E-state index contributed by atoms with van der Waals surface area (Å²) in [6.07, 6.45) is 2.92. The molecule has 1 unspecified atom stereocenters. The van der Waals surface area contributed by atoms with E-state index >= 15 is 0 Å². The number of rotatable bonds is 7. The Morgan fingerprint density at radius 3 is 2.97 bits per heavy atom. The number of amides is 1. The summed E-state index contributed by atoms with van der Waals surface area (Å²) in [5, 5.41) is 5.42. The van der Waals surface area contributed by atoms with Crippen molar-refractivity contribution >= 4 is 38.2 Å². The summed E-state index contributed by atoms with van der Waals surface area (Å²) in [5.74, 6) is 0.354. The largest absolute Gasteiger partial charge is 0.383 e. The van der Waals surface area contributed by atoms with Crippen molar-refractivity contribution in [2.24, 2.45) is 0 Å². The van der Waals surface area contributed by atoms with E-state index < -0.39 is 0 Å². The van der Waals surface area contributed by atoms with E-state index in [-0.39, 0.29) is 5.91 Å². The quantitative estimate of drug-likeness (QED) is 0.415. The number of fused-ring (bicyclic) bond motifs is 2. The second kappa shape index (κ2) is 9.36. The molecule has 1 aliphatic heterocycles. The van der Waals surface area contributed by atoms with Gasteiger partial charge in [0.2, 0.25) is 0 Å². The molecule has 0 aliphatic carbocycles. The predicted octanol–water partition coefficient (Wildman–Crippen LogP) is 4.82. The topological polar surface area (TPSA) is 54.5 Å². The zero-order chi connectivity index (χ0) is 21.9. The lowest BCUT2D eigenvalue weighted by Crippen LogP contribution is -2.27. The number of nitrogens with zero attached hydrogens (tertiary/aromatic N) is 2. The summed E-state index contributed by atoms with van der Waals surface area (Å²) in [7, 11) is 1.65. The molecule has 1 N–H and O–H groups in total. The van der Waals surface area contributed by atoms with Crippen LogP contribution in [0.5, 0.6) is 0 Å². The van der Waals surface area contributed by atoms with Crippen molar-refractivity contribution in [3.05, 3.63) is 76.8 Å². The van der Waals surface area contributed by atoms with Crippen LogP contribution < -0.4 is 5.32 Å². The van der Waals surface area contributed by atoms with Crippen LogP contribution in [-0.4, -0.2) is 49.1 Å². The van der Waals surface area contributed by atoms with Gasteiger partial charge in [-0.15, -0.1) is 11.3 Å². The summed E-state index contributed by atoms with van der Waals surface area (Å²) >= 11 is 1.60. The lowest BCUT2D eigenvalue weighted by Gasteiger charge is -2.18. The Balaban J connectivity index is 1.40. The standard InChI is InChI=1S/C26H27N3O2S/c1-31-15-13-28-26(30)25-23(21-9-2-3-10-22(21)32-25)19-11-14-29(16-19)17-20-7-4-6-18-8-5-12-27-24(18)20/h2-10,12,19H,11,13-17H2,1H3,(H,28,30). The molecule has 1 aliphatic rings. The highest BCUT2D eigenvalue weighted by Crippen LogP contribution is 2.40. The third kappa shape index (κ3) is 4.13. The molecule has 0 saturated carbocycles. The minimum absolute atomic E-state index is 0.00922. The van der Waals surface area contributed by atoms with E-state index in [0.29, 0.717) is 19.1 Å². The average molecular weight is 446 g/mol. The first-order chi connectivity index (χ1) is 15.7. The Morgan fingerprint density at radius 1 is 1.19 bits per heavy atom. The summed E-state index contributed by atoms with van der Waals surface area (Å²) in [6.45, 7) is 3.88. The zero-order valence-electron chi connectivity index (χ0n) is 18.2. The van der Waals surface area contributed by atoms with Crippen LogP contribution in [0.2, 0.25) is 0 Å². The van der Waals surface area contributed by atoms with Crippen molar-refractivity contribution < 1.29 is 9.53 Å². The maximum atomic E-state index is 13.0. The Bertz CT molecular complexity index is 1250. The third-order valence-corrected chi connectivity index (χ3v) is 7.41. The molecule has 6 heteroatoms. The molecule has 5 nitrogen and oxygen atoms in total. The Labute approximate surface area is 192 Å². The molecule has 164 valence electrons. The molecule has 0 spiro atoms. The Hall–Kier alpha value is -2.80. The van der Waals surface area contributed by atoms with E-state index in [1.807, 2.05) is 18.3 Å². The van der Waals surface area contributed by atoms with Crippen LogP contribution in [0.25, 0.3) is 21.0 Å². The van der Waals surface area contributed by atoms with Gasteiger partial charge in [0.1, 0.15) is 0 Å². The number of aromatic nitrogens is 1. The number of hydrogen-bond acceptors (Lipinski definition) is 5. The molecule has 1 fully saturated rings. The van der Waals surface area contributed by atoms with Crippen LogP contribution in [0.15, 0.2) is 60.8 Å². The summed E-state index contributed by atoms with van der Waals surface area (Å²) in [6, 6.07) is 18.9. The number of thiophene rings is 1. The third-order valence-electron chi connectivity index (χ3n) is 6.22. The van der Waals surface area contributed by atoms with Gasteiger partial charge in [0.15, 0.2) is 0 Å². The van der Waals surface area contributed by atoms with Gasteiger partial charge >= 0.3 is 0 Å². The monoisotopic (exact) mass is 445 g/mol. The molecule has 2 aromatic heterocycles. The molecule has 1 amide bonds. The molecular weight excluding hydrogens is 418 g/mol. The number of pyridine rings is 1. The van der Waals surface area contributed by atoms with Crippen molar-refractivity contribution in [2.45, 2.75) is 18.9 Å². The van der Waals surface area contributed by atoms with Gasteiger partial charge < -0.3 is 10.1 Å². The van der Waals surface area contributed by atoms with Gasteiger partial charge in [-0.3, -0.25) is 14.7 Å². The molecule has 0 bridgehead atoms. The number of methoxy groups -OCH3 is 1. The fraction of sp³-hybridized carbons (Fsp3) is 0.308. The fourth-order valence-electron chi connectivity index (χ4n) is 4.73. The molecule has 0 radical (unpaired) electrons. The minimum atomic E-state index is 0.00922. The zero-order valence-corrected chi connectivity index (χ0v) is 19.0. The van der Waals surface area contributed by atoms with E-state index in [0.717, 1.165) is 36.4 Å². The number of carbonyl (C=O) groups excluding carboxylic acids is 1. The molecule has 3 heterocycles. The Morgan fingerprint density at radius 2 is 2.06 bits per heavy atom. The number of benzene rings is 2. The van der Waals surface area contributed by atoms with E-state index in [4.69, 9.17) is 4.74 Å². The first kappa shape index (κ1) is 21.1. The molecule has 5 rings (SSSR count). The van der Waals surface area contributed by atoms with Crippen LogP contribution in [0.1, 0.15) is 33.1 Å². The van der Waals surface area contributed by atoms with Crippen molar-refractivity contribution in [1.29, 1.82) is 0 Å². The number of nitrogens with one attached hydrogen (secondary N) is 1. The molecule has 1 atom stereocenters. The number of ether oxygens (including phenoxy) is 1. The molecule has 1 saturated heterocycles. The second-order valence-electron chi connectivity index (χ2n) is 8.30. The number of hydrogen-bond donors (Lipinski definition) is 1. The highest BCUT2D eigenvalue weighted by molar-refractivity contribution is 7.21. The van der Waals surface area contributed by atoms with Gasteiger partial charge in [-0.25, -0.2) is 0 Å². The molecular formula is C26H27N3O2S. The van der Waals surface area contributed by atoms with Gasteiger partial charge in [-0.05, 0) is 41.6 Å². The number of likely N-dealkylation sites (tertiary alicyclic amines) is 1. The number of para-hydroxylation sites is 1. The predicted molar refractivity (Wildman–Crippen MR) is 130 cm³/mol. The summed E-state index contributed by atoms with van der Waals surface area (Å²) in [4.78, 5) is 21.0. The maximum absolute atomic E-state index is 13.0. The van der Waals surface area contributed by atoms with Crippen molar-refractivity contribution in [2.75, 3.05) is 33.4 Å². The van der Waals surface area contributed by atoms with Crippen LogP contribution in [0, 0.1) is 0 Å². The van der Waals surface area contributed by atoms with E-state index in [2.05, 4.69) is 57.7 Å². The highest BCUT2D eigenvalue weighted by atomic mass is 32.1. The van der Waals surface area contributed by atoms with Crippen LogP contribution in [-0.2, 0) is 11.3 Å². The highest BCUT2D eigenvalue weighted by Gasteiger charge is 2.30. The first-order valence-corrected chi connectivity index (χ1v) is 11.9. The van der Waals surface area contributed by atoms with Crippen LogP contribution >= 0.6 is 11.3 Å². The van der Waals surface area contributed by atoms with Crippen LogP contribution in [0.4, 0.5) is 0 Å². The van der Waals surface area contributed by atoms with Gasteiger partial charge in [-0.2, -0.15) is 0 Å². The van der Waals surface area contributed by atoms with Gasteiger partial charge in [0, 0.05) is 48.9 Å². The average Bonchev–Trinajstić information content (AvgIpc) is 3.44.